The highest BCUT2D eigenvalue weighted by atomic mass is 16.5. The molecule has 0 N–H and O–H groups in total. The number of rotatable bonds is 3. The number of likely N-dealkylation sites (tertiary alicyclic amines) is 1. The van der Waals surface area contributed by atoms with Gasteiger partial charge in [-0.2, -0.15) is 5.10 Å². The van der Waals surface area contributed by atoms with E-state index in [4.69, 9.17) is 4.74 Å². The Morgan fingerprint density at radius 1 is 1.17 bits per heavy atom. The van der Waals surface area contributed by atoms with Crippen molar-refractivity contribution in [1.82, 2.24) is 25.1 Å². The highest BCUT2D eigenvalue weighted by Crippen LogP contribution is 2.17. The standard InChI is InChI=1S/C16H19N5O2/c1-11-5-6-15(20-19-11)23-13-4-3-7-21(10-13)16(22)14-9-17-12(2)8-18-14/h5-6,8-9,13H,3-4,7,10H2,1-2H3. The summed E-state index contributed by atoms with van der Waals surface area (Å²) in [4.78, 5) is 22.5. The number of hydrogen-bond donors (Lipinski definition) is 0. The minimum atomic E-state index is -0.110. The highest BCUT2D eigenvalue weighted by molar-refractivity contribution is 5.92. The Balaban J connectivity index is 1.64. The quantitative estimate of drug-likeness (QED) is 0.855. The maximum absolute atomic E-state index is 12.5. The minimum absolute atomic E-state index is 0.0805. The highest BCUT2D eigenvalue weighted by Gasteiger charge is 2.26. The van der Waals surface area contributed by atoms with E-state index < -0.39 is 0 Å². The second-order valence-corrected chi connectivity index (χ2v) is 5.69. The monoisotopic (exact) mass is 313 g/mol. The Morgan fingerprint density at radius 2 is 2.04 bits per heavy atom. The fraction of sp³-hybridized carbons (Fsp3) is 0.438. The third-order valence-corrected chi connectivity index (χ3v) is 3.73. The van der Waals surface area contributed by atoms with Crippen molar-refractivity contribution < 1.29 is 9.53 Å². The lowest BCUT2D eigenvalue weighted by Crippen LogP contribution is -2.44. The number of hydrogen-bond acceptors (Lipinski definition) is 6. The number of ether oxygens (including phenoxy) is 1. The van der Waals surface area contributed by atoms with E-state index in [2.05, 4.69) is 20.2 Å². The molecule has 2 aromatic heterocycles. The molecule has 0 aliphatic carbocycles. The Morgan fingerprint density at radius 3 is 2.74 bits per heavy atom. The van der Waals surface area contributed by atoms with E-state index in [9.17, 15) is 4.79 Å². The first-order chi connectivity index (χ1) is 11.1. The zero-order chi connectivity index (χ0) is 16.2. The molecule has 3 rings (SSSR count). The van der Waals surface area contributed by atoms with Crippen LogP contribution in [0.2, 0.25) is 0 Å². The van der Waals surface area contributed by atoms with E-state index in [1.807, 2.05) is 19.9 Å². The first kappa shape index (κ1) is 15.3. The molecule has 7 nitrogen and oxygen atoms in total. The van der Waals surface area contributed by atoms with E-state index in [1.54, 1.807) is 17.2 Å². The summed E-state index contributed by atoms with van der Waals surface area (Å²) in [6.07, 6.45) is 4.82. The van der Waals surface area contributed by atoms with Gasteiger partial charge in [0.25, 0.3) is 5.91 Å². The van der Waals surface area contributed by atoms with Gasteiger partial charge in [0.2, 0.25) is 5.88 Å². The average Bonchev–Trinajstić information content (AvgIpc) is 2.57. The summed E-state index contributed by atoms with van der Waals surface area (Å²) in [6, 6.07) is 3.66. The van der Waals surface area contributed by atoms with Crippen molar-refractivity contribution in [3.05, 3.63) is 41.6 Å². The summed E-state index contributed by atoms with van der Waals surface area (Å²) in [5, 5.41) is 7.99. The van der Waals surface area contributed by atoms with Gasteiger partial charge in [0, 0.05) is 18.8 Å². The number of carbonyl (C=O) groups is 1. The van der Waals surface area contributed by atoms with E-state index in [1.165, 1.54) is 6.20 Å². The lowest BCUT2D eigenvalue weighted by atomic mass is 10.1. The molecule has 3 heterocycles. The van der Waals surface area contributed by atoms with Crippen LogP contribution < -0.4 is 4.74 Å². The third kappa shape index (κ3) is 3.80. The Labute approximate surface area is 134 Å². The molecule has 1 saturated heterocycles. The topological polar surface area (TPSA) is 81.1 Å². The van der Waals surface area contributed by atoms with Gasteiger partial charge >= 0.3 is 0 Å². The molecule has 7 heteroatoms. The summed E-state index contributed by atoms with van der Waals surface area (Å²) in [6.45, 7) is 4.94. The second kappa shape index (κ2) is 6.68. The second-order valence-electron chi connectivity index (χ2n) is 5.69. The van der Waals surface area contributed by atoms with Crippen LogP contribution in [0.1, 0.15) is 34.7 Å². The summed E-state index contributed by atoms with van der Waals surface area (Å²) >= 11 is 0. The molecule has 0 saturated carbocycles. The van der Waals surface area contributed by atoms with Gasteiger partial charge in [0.1, 0.15) is 11.8 Å². The molecule has 120 valence electrons. The summed E-state index contributed by atoms with van der Waals surface area (Å²) in [5.74, 6) is 0.380. The van der Waals surface area contributed by atoms with E-state index in [0.717, 1.165) is 24.2 Å². The largest absolute Gasteiger partial charge is 0.471 e. The Kier molecular flexibility index (Phi) is 4.45. The van der Waals surface area contributed by atoms with E-state index in [0.29, 0.717) is 24.7 Å². The number of carbonyl (C=O) groups excluding carboxylic acids is 1. The molecule has 1 aliphatic heterocycles. The first-order valence-electron chi connectivity index (χ1n) is 7.67. The van der Waals surface area contributed by atoms with E-state index >= 15 is 0 Å². The van der Waals surface area contributed by atoms with Crippen molar-refractivity contribution in [2.24, 2.45) is 0 Å². The van der Waals surface area contributed by atoms with Crippen molar-refractivity contribution in [3.8, 4) is 5.88 Å². The van der Waals surface area contributed by atoms with Crippen molar-refractivity contribution in [3.63, 3.8) is 0 Å². The number of amides is 1. The van der Waals surface area contributed by atoms with Crippen molar-refractivity contribution in [2.75, 3.05) is 13.1 Å². The van der Waals surface area contributed by atoms with Crippen LogP contribution in [0.4, 0.5) is 0 Å². The zero-order valence-electron chi connectivity index (χ0n) is 13.3. The summed E-state index contributed by atoms with van der Waals surface area (Å²) in [7, 11) is 0. The molecule has 1 unspecified atom stereocenters. The Hall–Kier alpha value is -2.57. The van der Waals surface area contributed by atoms with Crippen LogP contribution >= 0.6 is 0 Å². The van der Waals surface area contributed by atoms with Gasteiger partial charge in [0.15, 0.2) is 0 Å². The van der Waals surface area contributed by atoms with Crippen LogP contribution in [0, 0.1) is 13.8 Å². The number of aromatic nitrogens is 4. The van der Waals surface area contributed by atoms with Gasteiger partial charge in [-0.25, -0.2) is 4.98 Å². The van der Waals surface area contributed by atoms with Gasteiger partial charge in [-0.05, 0) is 32.8 Å². The van der Waals surface area contributed by atoms with Gasteiger partial charge < -0.3 is 9.64 Å². The van der Waals surface area contributed by atoms with Crippen LogP contribution in [0.25, 0.3) is 0 Å². The zero-order valence-corrected chi connectivity index (χ0v) is 13.3. The molecular weight excluding hydrogens is 294 g/mol. The molecule has 1 aliphatic rings. The molecule has 0 aromatic carbocycles. The summed E-state index contributed by atoms with van der Waals surface area (Å²) < 4.78 is 5.84. The minimum Gasteiger partial charge on any atom is -0.471 e. The summed E-state index contributed by atoms with van der Waals surface area (Å²) in [5.41, 5.74) is 2.00. The number of aryl methyl sites for hydroxylation is 2. The predicted molar refractivity (Wildman–Crippen MR) is 83.1 cm³/mol. The fourth-order valence-corrected chi connectivity index (χ4v) is 2.50. The third-order valence-electron chi connectivity index (χ3n) is 3.73. The van der Waals surface area contributed by atoms with Gasteiger partial charge in [-0.3, -0.25) is 9.78 Å². The first-order valence-corrected chi connectivity index (χ1v) is 7.67. The molecule has 1 atom stereocenters. The molecule has 0 bridgehead atoms. The Bertz CT molecular complexity index is 672. The fourth-order valence-electron chi connectivity index (χ4n) is 2.50. The van der Waals surface area contributed by atoms with Crippen molar-refractivity contribution >= 4 is 5.91 Å². The molecule has 1 fully saturated rings. The molecule has 0 radical (unpaired) electrons. The molecule has 2 aromatic rings. The van der Waals surface area contributed by atoms with Crippen molar-refractivity contribution in [2.45, 2.75) is 32.8 Å². The lowest BCUT2D eigenvalue weighted by Gasteiger charge is -2.32. The number of nitrogens with zero attached hydrogens (tertiary/aromatic N) is 5. The predicted octanol–water partition coefficient (Wildman–Crippen LogP) is 1.57. The van der Waals surface area contributed by atoms with Crippen LogP contribution in [0.5, 0.6) is 5.88 Å². The maximum Gasteiger partial charge on any atom is 0.274 e. The maximum atomic E-state index is 12.5. The van der Waals surface area contributed by atoms with Crippen LogP contribution in [0.3, 0.4) is 0 Å². The van der Waals surface area contributed by atoms with Crippen LogP contribution in [-0.2, 0) is 0 Å². The molecule has 1 amide bonds. The molecule has 0 spiro atoms. The van der Waals surface area contributed by atoms with Crippen molar-refractivity contribution in [1.29, 1.82) is 0 Å². The average molecular weight is 313 g/mol. The van der Waals surface area contributed by atoms with Crippen LogP contribution in [0.15, 0.2) is 24.5 Å². The smallest absolute Gasteiger partial charge is 0.274 e. The van der Waals surface area contributed by atoms with Gasteiger partial charge in [-0.15, -0.1) is 5.10 Å². The van der Waals surface area contributed by atoms with Gasteiger partial charge in [-0.1, -0.05) is 0 Å². The normalized spacial score (nSPS) is 17.8. The van der Waals surface area contributed by atoms with Crippen LogP contribution in [-0.4, -0.2) is 50.2 Å². The number of piperidine rings is 1. The molecule has 23 heavy (non-hydrogen) atoms. The SMILES string of the molecule is Cc1cnc(C(=O)N2CCCC(Oc3ccc(C)nn3)C2)cn1. The lowest BCUT2D eigenvalue weighted by molar-refractivity contribution is 0.0520. The van der Waals surface area contributed by atoms with E-state index in [-0.39, 0.29) is 12.0 Å². The molecular formula is C16H19N5O2. The van der Waals surface area contributed by atoms with Gasteiger partial charge in [0.05, 0.1) is 24.1 Å².